The Balaban J connectivity index is 1.93. The van der Waals surface area contributed by atoms with Crippen molar-refractivity contribution in [1.82, 2.24) is 9.80 Å². The van der Waals surface area contributed by atoms with E-state index in [-0.39, 0.29) is 16.7 Å². The van der Waals surface area contributed by atoms with E-state index in [0.717, 1.165) is 19.6 Å². The minimum Gasteiger partial charge on any atom is -0.329 e. The molecule has 2 rings (SSSR count). The van der Waals surface area contributed by atoms with Crippen LogP contribution < -0.4 is 11.1 Å². The van der Waals surface area contributed by atoms with Crippen LogP contribution in [0.2, 0.25) is 5.02 Å². The summed E-state index contributed by atoms with van der Waals surface area (Å²) in [5, 5.41) is 2.73. The second-order valence-corrected chi connectivity index (χ2v) is 5.05. The first kappa shape index (κ1) is 15.0. The van der Waals surface area contributed by atoms with Gasteiger partial charge in [0.2, 0.25) is 0 Å². The predicted octanol–water partition coefficient (Wildman–Crippen LogP) is 1.59. The maximum atomic E-state index is 13.6. The minimum absolute atomic E-state index is 0.0311. The normalized spacial score (nSPS) is 16.2. The van der Waals surface area contributed by atoms with Gasteiger partial charge in [0, 0.05) is 39.3 Å². The zero-order chi connectivity index (χ0) is 14.5. The first-order valence-corrected chi connectivity index (χ1v) is 6.92. The lowest BCUT2D eigenvalue weighted by Gasteiger charge is -2.34. The summed E-state index contributed by atoms with van der Waals surface area (Å²) in [6.07, 6.45) is 0. The van der Waals surface area contributed by atoms with E-state index >= 15 is 0 Å². The van der Waals surface area contributed by atoms with Crippen molar-refractivity contribution in [1.29, 1.82) is 0 Å². The molecule has 0 aliphatic carbocycles. The van der Waals surface area contributed by atoms with Crippen LogP contribution in [-0.2, 0) is 0 Å². The van der Waals surface area contributed by atoms with Crippen molar-refractivity contribution in [2.45, 2.75) is 0 Å². The van der Waals surface area contributed by atoms with Crippen LogP contribution in [0, 0.1) is 5.82 Å². The zero-order valence-electron chi connectivity index (χ0n) is 11.1. The number of carbonyl (C=O) groups is 1. The summed E-state index contributed by atoms with van der Waals surface area (Å²) in [6, 6.07) is 3.98. The molecule has 1 aliphatic heterocycles. The van der Waals surface area contributed by atoms with Crippen LogP contribution in [0.1, 0.15) is 0 Å². The van der Waals surface area contributed by atoms with Crippen LogP contribution >= 0.6 is 11.6 Å². The number of amides is 2. The van der Waals surface area contributed by atoms with E-state index in [0.29, 0.717) is 19.6 Å². The molecule has 2 amide bonds. The second-order valence-electron chi connectivity index (χ2n) is 4.64. The summed E-state index contributed by atoms with van der Waals surface area (Å²) in [5.41, 5.74) is 5.53. The van der Waals surface area contributed by atoms with Gasteiger partial charge in [-0.3, -0.25) is 4.90 Å². The number of hydrogen-bond donors (Lipinski definition) is 2. The van der Waals surface area contributed by atoms with Gasteiger partial charge in [-0.15, -0.1) is 0 Å². The van der Waals surface area contributed by atoms with Gasteiger partial charge in [0.1, 0.15) is 5.82 Å². The van der Waals surface area contributed by atoms with Crippen LogP contribution in [0.5, 0.6) is 0 Å². The number of halogens is 2. The molecular formula is C13H18ClFN4O. The summed E-state index contributed by atoms with van der Waals surface area (Å²) in [7, 11) is 0. The fraction of sp³-hybridized carbons (Fsp3) is 0.462. The van der Waals surface area contributed by atoms with Crippen LogP contribution in [0.25, 0.3) is 0 Å². The summed E-state index contributed by atoms with van der Waals surface area (Å²) in [6.45, 7) is 4.17. The molecule has 110 valence electrons. The number of benzene rings is 1. The number of nitrogens with zero attached hydrogens (tertiary/aromatic N) is 2. The fourth-order valence-corrected chi connectivity index (χ4v) is 2.37. The first-order valence-electron chi connectivity index (χ1n) is 6.54. The monoisotopic (exact) mass is 300 g/mol. The van der Waals surface area contributed by atoms with Crippen molar-refractivity contribution in [3.63, 3.8) is 0 Å². The highest BCUT2D eigenvalue weighted by atomic mass is 35.5. The standard InChI is InChI=1S/C13H18ClFN4O/c14-10-2-1-3-11(15)12(10)17-13(20)19-8-6-18(5-4-16)7-9-19/h1-3H,4-9,16H2,(H,17,20). The number of rotatable bonds is 3. The molecule has 7 heteroatoms. The number of piperazine rings is 1. The van der Waals surface area contributed by atoms with Crippen molar-refractivity contribution >= 4 is 23.3 Å². The van der Waals surface area contributed by atoms with Crippen molar-refractivity contribution in [2.24, 2.45) is 5.73 Å². The molecule has 0 radical (unpaired) electrons. The number of urea groups is 1. The molecule has 1 fully saturated rings. The first-order chi connectivity index (χ1) is 9.61. The van der Waals surface area contributed by atoms with Crippen molar-refractivity contribution in [3.8, 4) is 0 Å². The lowest BCUT2D eigenvalue weighted by atomic mass is 10.3. The van der Waals surface area contributed by atoms with Crippen LogP contribution in [-0.4, -0.2) is 55.1 Å². The summed E-state index contributed by atoms with van der Waals surface area (Å²) >= 11 is 5.88. The van der Waals surface area contributed by atoms with Gasteiger partial charge < -0.3 is 16.0 Å². The Morgan fingerprint density at radius 2 is 2.05 bits per heavy atom. The Morgan fingerprint density at radius 3 is 2.65 bits per heavy atom. The van der Waals surface area contributed by atoms with Gasteiger partial charge in [-0.2, -0.15) is 0 Å². The number of para-hydroxylation sites is 1. The second kappa shape index (κ2) is 6.88. The molecule has 5 nitrogen and oxygen atoms in total. The molecule has 1 heterocycles. The Hall–Kier alpha value is -1.37. The van der Waals surface area contributed by atoms with Crippen LogP contribution in [0.3, 0.4) is 0 Å². The van der Waals surface area contributed by atoms with E-state index in [1.807, 2.05) is 0 Å². The zero-order valence-corrected chi connectivity index (χ0v) is 11.9. The van der Waals surface area contributed by atoms with Gasteiger partial charge in [0.25, 0.3) is 0 Å². The Kier molecular flexibility index (Phi) is 5.17. The Labute approximate surface area is 122 Å². The van der Waals surface area contributed by atoms with E-state index < -0.39 is 5.82 Å². The van der Waals surface area contributed by atoms with Gasteiger partial charge in [-0.25, -0.2) is 9.18 Å². The molecule has 1 saturated heterocycles. The highest BCUT2D eigenvalue weighted by Crippen LogP contribution is 2.24. The van der Waals surface area contributed by atoms with E-state index in [1.165, 1.54) is 12.1 Å². The molecule has 0 spiro atoms. The highest BCUT2D eigenvalue weighted by molar-refractivity contribution is 6.33. The third-order valence-electron chi connectivity index (χ3n) is 3.30. The quantitative estimate of drug-likeness (QED) is 0.891. The summed E-state index contributed by atoms with van der Waals surface area (Å²) in [4.78, 5) is 15.9. The van der Waals surface area contributed by atoms with Gasteiger partial charge in [-0.05, 0) is 12.1 Å². The number of anilines is 1. The third kappa shape index (κ3) is 3.59. The highest BCUT2D eigenvalue weighted by Gasteiger charge is 2.21. The number of nitrogens with one attached hydrogen (secondary N) is 1. The maximum Gasteiger partial charge on any atom is 0.322 e. The van der Waals surface area contributed by atoms with Gasteiger partial charge in [0.15, 0.2) is 0 Å². The lowest BCUT2D eigenvalue weighted by molar-refractivity contribution is 0.149. The summed E-state index contributed by atoms with van der Waals surface area (Å²) in [5.74, 6) is -0.535. The number of hydrogen-bond acceptors (Lipinski definition) is 3. The molecule has 1 aliphatic rings. The molecule has 0 unspecified atom stereocenters. The largest absolute Gasteiger partial charge is 0.329 e. The topological polar surface area (TPSA) is 61.6 Å². The van der Waals surface area contributed by atoms with Crippen molar-refractivity contribution in [3.05, 3.63) is 29.0 Å². The van der Waals surface area contributed by atoms with Gasteiger partial charge in [-0.1, -0.05) is 17.7 Å². The molecule has 0 bridgehead atoms. The summed E-state index contributed by atoms with van der Waals surface area (Å²) < 4.78 is 13.6. The average molecular weight is 301 g/mol. The van der Waals surface area contributed by atoms with E-state index in [9.17, 15) is 9.18 Å². The van der Waals surface area contributed by atoms with Crippen LogP contribution in [0.4, 0.5) is 14.9 Å². The average Bonchev–Trinajstić information content (AvgIpc) is 2.44. The molecule has 0 atom stereocenters. The molecule has 3 N–H and O–H groups in total. The van der Waals surface area contributed by atoms with Gasteiger partial charge in [0.05, 0.1) is 10.7 Å². The number of carbonyl (C=O) groups excluding carboxylic acids is 1. The van der Waals surface area contributed by atoms with E-state index in [2.05, 4.69) is 10.2 Å². The predicted molar refractivity (Wildman–Crippen MR) is 77.5 cm³/mol. The Morgan fingerprint density at radius 1 is 1.35 bits per heavy atom. The SMILES string of the molecule is NCCN1CCN(C(=O)Nc2c(F)cccc2Cl)CC1. The third-order valence-corrected chi connectivity index (χ3v) is 3.61. The molecule has 0 aromatic heterocycles. The minimum atomic E-state index is -0.535. The Bertz CT molecular complexity index is 457. The van der Waals surface area contributed by atoms with E-state index in [4.69, 9.17) is 17.3 Å². The smallest absolute Gasteiger partial charge is 0.322 e. The molecule has 1 aromatic rings. The van der Waals surface area contributed by atoms with Gasteiger partial charge >= 0.3 is 6.03 Å². The molecule has 0 saturated carbocycles. The van der Waals surface area contributed by atoms with E-state index in [1.54, 1.807) is 11.0 Å². The fourth-order valence-electron chi connectivity index (χ4n) is 2.16. The van der Waals surface area contributed by atoms with Crippen molar-refractivity contribution in [2.75, 3.05) is 44.6 Å². The lowest BCUT2D eigenvalue weighted by Crippen LogP contribution is -2.51. The molecule has 20 heavy (non-hydrogen) atoms. The maximum absolute atomic E-state index is 13.6. The molecular weight excluding hydrogens is 283 g/mol. The number of nitrogens with two attached hydrogens (primary N) is 1. The van der Waals surface area contributed by atoms with Crippen LogP contribution in [0.15, 0.2) is 18.2 Å². The molecule has 1 aromatic carbocycles. The van der Waals surface area contributed by atoms with Crippen molar-refractivity contribution < 1.29 is 9.18 Å².